The summed E-state index contributed by atoms with van der Waals surface area (Å²) in [6, 6.07) is 13.8. The van der Waals surface area contributed by atoms with Gasteiger partial charge < -0.3 is 4.90 Å². The van der Waals surface area contributed by atoms with Gasteiger partial charge in [0.2, 0.25) is 5.91 Å². The third kappa shape index (κ3) is 3.69. The average molecular weight is 461 g/mol. The maximum absolute atomic E-state index is 14.2. The van der Waals surface area contributed by atoms with Gasteiger partial charge in [0.05, 0.1) is 12.3 Å². The lowest BCUT2D eigenvalue weighted by atomic mass is 10.0. The quantitative estimate of drug-likeness (QED) is 0.510. The molecule has 4 rings (SSSR count). The van der Waals surface area contributed by atoms with Crippen LogP contribution < -0.4 is 0 Å². The molecule has 7 heteroatoms. The lowest BCUT2D eigenvalue weighted by molar-refractivity contribution is -0.128. The van der Waals surface area contributed by atoms with Gasteiger partial charge in [-0.25, -0.2) is 8.78 Å². The molecule has 0 bridgehead atoms. The van der Waals surface area contributed by atoms with Crippen molar-refractivity contribution in [2.24, 2.45) is 0 Å². The molecular weight excluding hydrogens is 446 g/mol. The Morgan fingerprint density at radius 2 is 1.93 bits per heavy atom. The number of hydrogen-bond acceptors (Lipinski definition) is 3. The first-order valence-corrected chi connectivity index (χ1v) is 10.4. The first-order chi connectivity index (χ1) is 13.5. The smallest absolute Gasteiger partial charge is 0.234 e. The minimum absolute atomic E-state index is 0.00870. The minimum atomic E-state index is -0.912. The SMILES string of the molecule is O=C1CSC(c2cnccc2-c2ccc(Br)cc2)N1Cc1cccc(F)c1F. The van der Waals surface area contributed by atoms with Gasteiger partial charge in [0, 0.05) is 28.0 Å². The van der Waals surface area contributed by atoms with E-state index in [-0.39, 0.29) is 29.1 Å². The highest BCUT2D eigenvalue weighted by Crippen LogP contribution is 2.43. The number of hydrogen-bond donors (Lipinski definition) is 0. The second-order valence-electron chi connectivity index (χ2n) is 6.37. The summed E-state index contributed by atoms with van der Waals surface area (Å²) in [6.07, 6.45) is 3.45. The Kier molecular flexibility index (Phi) is 5.46. The highest BCUT2D eigenvalue weighted by molar-refractivity contribution is 9.10. The Labute approximate surface area is 173 Å². The molecule has 1 aromatic heterocycles. The third-order valence-electron chi connectivity index (χ3n) is 4.61. The molecule has 28 heavy (non-hydrogen) atoms. The van der Waals surface area contributed by atoms with Crippen LogP contribution in [0.5, 0.6) is 0 Å². The molecule has 1 saturated heterocycles. The monoisotopic (exact) mass is 460 g/mol. The van der Waals surface area contributed by atoms with Crippen LogP contribution in [0.1, 0.15) is 16.5 Å². The molecule has 1 unspecified atom stereocenters. The summed E-state index contributed by atoms with van der Waals surface area (Å²) in [6.45, 7) is 0.00870. The molecule has 0 radical (unpaired) electrons. The van der Waals surface area contributed by atoms with Crippen molar-refractivity contribution < 1.29 is 13.6 Å². The van der Waals surface area contributed by atoms with Crippen molar-refractivity contribution in [2.75, 3.05) is 5.75 Å². The van der Waals surface area contributed by atoms with E-state index < -0.39 is 11.6 Å². The van der Waals surface area contributed by atoms with E-state index in [1.807, 2.05) is 30.3 Å². The second kappa shape index (κ2) is 8.01. The molecule has 3 nitrogen and oxygen atoms in total. The number of aromatic nitrogens is 1. The summed E-state index contributed by atoms with van der Waals surface area (Å²) in [5, 5.41) is -0.317. The summed E-state index contributed by atoms with van der Waals surface area (Å²) in [4.78, 5) is 18.3. The van der Waals surface area contributed by atoms with Gasteiger partial charge >= 0.3 is 0 Å². The highest BCUT2D eigenvalue weighted by Gasteiger charge is 2.35. The Hall–Kier alpha value is -2.25. The summed E-state index contributed by atoms with van der Waals surface area (Å²) in [5.74, 6) is -1.64. The van der Waals surface area contributed by atoms with Crippen molar-refractivity contribution >= 4 is 33.6 Å². The van der Waals surface area contributed by atoms with Crippen LogP contribution in [-0.4, -0.2) is 21.5 Å². The largest absolute Gasteiger partial charge is 0.321 e. The van der Waals surface area contributed by atoms with E-state index in [9.17, 15) is 13.6 Å². The lowest BCUT2D eigenvalue weighted by Crippen LogP contribution is -2.28. The predicted octanol–water partition coefficient (Wildman–Crippen LogP) is 5.56. The fourth-order valence-electron chi connectivity index (χ4n) is 3.23. The minimum Gasteiger partial charge on any atom is -0.321 e. The summed E-state index contributed by atoms with van der Waals surface area (Å²) in [7, 11) is 0. The Balaban J connectivity index is 1.71. The van der Waals surface area contributed by atoms with E-state index in [1.165, 1.54) is 23.9 Å². The molecule has 3 aromatic rings. The van der Waals surface area contributed by atoms with Gasteiger partial charge in [-0.1, -0.05) is 40.2 Å². The molecule has 1 amide bonds. The molecule has 0 aliphatic carbocycles. The van der Waals surface area contributed by atoms with Crippen LogP contribution in [0.15, 0.2) is 65.4 Å². The Morgan fingerprint density at radius 3 is 2.71 bits per heavy atom. The molecular formula is C21H15BrF2N2OS. The number of halogens is 3. The van der Waals surface area contributed by atoms with Crippen molar-refractivity contribution in [1.82, 2.24) is 9.88 Å². The number of thioether (sulfide) groups is 1. The zero-order valence-corrected chi connectivity index (χ0v) is 17.0. The number of pyridine rings is 1. The number of benzene rings is 2. The van der Waals surface area contributed by atoms with E-state index in [2.05, 4.69) is 20.9 Å². The normalized spacial score (nSPS) is 16.6. The first-order valence-electron chi connectivity index (χ1n) is 8.58. The molecule has 0 saturated carbocycles. The molecule has 0 N–H and O–H groups in total. The molecule has 1 fully saturated rings. The number of amides is 1. The summed E-state index contributed by atoms with van der Waals surface area (Å²) in [5.41, 5.74) is 2.99. The van der Waals surface area contributed by atoms with E-state index in [1.54, 1.807) is 17.3 Å². The van der Waals surface area contributed by atoms with Gasteiger partial charge in [-0.3, -0.25) is 9.78 Å². The van der Waals surface area contributed by atoms with E-state index in [0.717, 1.165) is 27.2 Å². The third-order valence-corrected chi connectivity index (χ3v) is 6.38. The summed E-state index contributed by atoms with van der Waals surface area (Å²) >= 11 is 4.90. The predicted molar refractivity (Wildman–Crippen MR) is 109 cm³/mol. The fourth-order valence-corrected chi connectivity index (χ4v) is 4.70. The van der Waals surface area contributed by atoms with Crippen molar-refractivity contribution in [2.45, 2.75) is 11.9 Å². The Bertz CT molecular complexity index is 1030. The van der Waals surface area contributed by atoms with Crippen LogP contribution in [0.3, 0.4) is 0 Å². The zero-order chi connectivity index (χ0) is 19.7. The van der Waals surface area contributed by atoms with Crippen LogP contribution in [0.4, 0.5) is 8.78 Å². The molecule has 0 spiro atoms. The van der Waals surface area contributed by atoms with Crippen LogP contribution in [0, 0.1) is 11.6 Å². The van der Waals surface area contributed by atoms with E-state index >= 15 is 0 Å². The van der Waals surface area contributed by atoms with E-state index in [4.69, 9.17) is 0 Å². The topological polar surface area (TPSA) is 33.2 Å². The molecule has 1 aliphatic rings. The van der Waals surface area contributed by atoms with Crippen molar-refractivity contribution in [3.05, 3.63) is 88.2 Å². The van der Waals surface area contributed by atoms with Crippen molar-refractivity contribution in [3.63, 3.8) is 0 Å². The standard InChI is InChI=1S/C21H15BrF2N2OS/c22-15-6-4-13(5-7-15)16-8-9-25-10-17(16)21-26(19(27)12-28-21)11-14-2-1-3-18(23)20(14)24/h1-10,21H,11-12H2. The lowest BCUT2D eigenvalue weighted by Gasteiger charge is -2.26. The van der Waals surface area contributed by atoms with Gasteiger partial charge in [0.25, 0.3) is 0 Å². The molecule has 2 heterocycles. The first kappa shape index (κ1) is 19.1. The average Bonchev–Trinajstić information content (AvgIpc) is 3.06. The molecule has 1 atom stereocenters. The van der Waals surface area contributed by atoms with Gasteiger partial charge in [-0.15, -0.1) is 11.8 Å². The maximum Gasteiger partial charge on any atom is 0.234 e. The van der Waals surface area contributed by atoms with Gasteiger partial charge in [0.1, 0.15) is 5.37 Å². The van der Waals surface area contributed by atoms with Crippen LogP contribution in [-0.2, 0) is 11.3 Å². The second-order valence-corrected chi connectivity index (χ2v) is 8.35. The van der Waals surface area contributed by atoms with Gasteiger partial charge in [-0.05, 0) is 35.4 Å². The Morgan fingerprint density at radius 1 is 1.14 bits per heavy atom. The zero-order valence-electron chi connectivity index (χ0n) is 14.6. The number of carbonyl (C=O) groups is 1. The van der Waals surface area contributed by atoms with Crippen LogP contribution >= 0.6 is 27.7 Å². The van der Waals surface area contributed by atoms with E-state index in [0.29, 0.717) is 0 Å². The molecule has 142 valence electrons. The van der Waals surface area contributed by atoms with Crippen LogP contribution in [0.25, 0.3) is 11.1 Å². The number of carbonyl (C=O) groups excluding carboxylic acids is 1. The number of nitrogens with zero attached hydrogens (tertiary/aromatic N) is 2. The number of rotatable bonds is 4. The van der Waals surface area contributed by atoms with Crippen molar-refractivity contribution in [3.8, 4) is 11.1 Å². The van der Waals surface area contributed by atoms with Gasteiger partial charge in [0.15, 0.2) is 11.6 Å². The fraction of sp³-hybridized carbons (Fsp3) is 0.143. The summed E-state index contributed by atoms with van der Waals surface area (Å²) < 4.78 is 28.7. The van der Waals surface area contributed by atoms with Gasteiger partial charge in [-0.2, -0.15) is 0 Å². The maximum atomic E-state index is 14.2. The molecule has 1 aliphatic heterocycles. The van der Waals surface area contributed by atoms with Crippen molar-refractivity contribution in [1.29, 1.82) is 0 Å². The highest BCUT2D eigenvalue weighted by atomic mass is 79.9. The molecule has 2 aromatic carbocycles. The van der Waals surface area contributed by atoms with Crippen LogP contribution in [0.2, 0.25) is 0 Å².